The predicted molar refractivity (Wildman–Crippen MR) is 148 cm³/mol. The van der Waals surface area contributed by atoms with E-state index in [4.69, 9.17) is 24.3 Å². The molecular weight excluding hydrogens is 569 g/mol. The summed E-state index contributed by atoms with van der Waals surface area (Å²) in [4.78, 5) is 20.6. The molecule has 0 spiro atoms. The summed E-state index contributed by atoms with van der Waals surface area (Å²) in [5, 5.41) is 38.6. The van der Waals surface area contributed by atoms with Gasteiger partial charge in [0.1, 0.15) is 42.3 Å². The van der Waals surface area contributed by atoms with E-state index in [2.05, 4.69) is 20.2 Å². The van der Waals surface area contributed by atoms with Crippen molar-refractivity contribution in [3.8, 4) is 11.9 Å². The molecule has 0 aromatic carbocycles. The molecule has 0 aliphatic carbocycles. The minimum atomic E-state index is -4.38. The number of carbonyl (C=O) groups excluding carboxylic acids is 1. The van der Waals surface area contributed by atoms with Crippen LogP contribution in [0.25, 0.3) is 5.52 Å². The molecule has 42 heavy (non-hydrogen) atoms. The number of aromatic nitrogens is 4. The average Bonchev–Trinajstić information content (AvgIpc) is 3.53. The second-order valence-corrected chi connectivity index (χ2v) is 11.5. The Morgan fingerprint density at radius 1 is 1.29 bits per heavy atom. The van der Waals surface area contributed by atoms with E-state index in [9.17, 15) is 24.8 Å². The Kier molecular flexibility index (Phi) is 9.78. The molecular formula is C26H34N7O8P. The van der Waals surface area contributed by atoms with Crippen LogP contribution < -0.4 is 15.3 Å². The Bertz CT molecular complexity index is 1460. The molecule has 0 saturated carbocycles. The quantitative estimate of drug-likeness (QED) is 0.162. The van der Waals surface area contributed by atoms with Gasteiger partial charge in [0.05, 0.1) is 18.9 Å². The van der Waals surface area contributed by atoms with E-state index in [-0.39, 0.29) is 29.9 Å². The number of nitrogens with one attached hydrogen (secondary N) is 1. The third-order valence-electron chi connectivity index (χ3n) is 7.07. The first-order valence-corrected chi connectivity index (χ1v) is 14.9. The van der Waals surface area contributed by atoms with Gasteiger partial charge in [-0.05, 0) is 31.0 Å². The highest BCUT2D eigenvalue weighted by Crippen LogP contribution is 2.47. The molecule has 5 N–H and O–H groups in total. The summed E-state index contributed by atoms with van der Waals surface area (Å²) < 4.78 is 37.5. The van der Waals surface area contributed by atoms with Gasteiger partial charge in [-0.1, -0.05) is 32.8 Å². The number of esters is 1. The molecule has 4 rings (SSSR count). The van der Waals surface area contributed by atoms with Crippen LogP contribution >= 0.6 is 7.75 Å². The molecule has 226 valence electrons. The summed E-state index contributed by atoms with van der Waals surface area (Å²) in [6.45, 7) is 5.00. The van der Waals surface area contributed by atoms with Gasteiger partial charge < -0.3 is 29.9 Å². The second-order valence-electron chi connectivity index (χ2n) is 9.82. The fraction of sp³-hybridized carbons (Fsp3) is 0.500. The largest absolute Gasteiger partial charge is 0.464 e. The van der Waals surface area contributed by atoms with E-state index in [0.29, 0.717) is 5.52 Å². The molecule has 1 fully saturated rings. The first kappa shape index (κ1) is 31.3. The van der Waals surface area contributed by atoms with Crippen LogP contribution in [0.5, 0.6) is 5.88 Å². The third kappa shape index (κ3) is 6.39. The van der Waals surface area contributed by atoms with Gasteiger partial charge in [-0.15, -0.1) is 0 Å². The third-order valence-corrected chi connectivity index (χ3v) is 8.69. The molecule has 4 heterocycles. The molecule has 0 unspecified atom stereocenters. The summed E-state index contributed by atoms with van der Waals surface area (Å²) in [6.07, 6.45) is -0.530. The van der Waals surface area contributed by atoms with E-state index in [1.54, 1.807) is 18.2 Å². The van der Waals surface area contributed by atoms with Gasteiger partial charge in [0.15, 0.2) is 5.82 Å². The molecule has 16 heteroatoms. The van der Waals surface area contributed by atoms with Crippen molar-refractivity contribution in [3.63, 3.8) is 0 Å². The zero-order chi connectivity index (χ0) is 30.5. The SMILES string of the molecule is CCC(CC)COC(=O)[C@H](C)N[P@](=O)(OC[C@H]1O[C@@](C#N)(c2ccc3c(N)ncnn23)[C@H](O)[C@@H]1O)Oc1ccccn1. The number of nitrogen functional groups attached to an aromatic ring is 1. The maximum atomic E-state index is 13.9. The van der Waals surface area contributed by atoms with Crippen molar-refractivity contribution < 1.29 is 38.1 Å². The van der Waals surface area contributed by atoms with E-state index >= 15 is 0 Å². The molecule has 0 amide bonds. The highest BCUT2D eigenvalue weighted by atomic mass is 31.2. The number of pyridine rings is 1. The molecule has 6 atom stereocenters. The number of fused-ring (bicyclic) bond motifs is 1. The lowest BCUT2D eigenvalue weighted by Gasteiger charge is -2.25. The van der Waals surface area contributed by atoms with Crippen molar-refractivity contribution in [2.24, 2.45) is 5.92 Å². The van der Waals surface area contributed by atoms with Gasteiger partial charge in [-0.25, -0.2) is 19.0 Å². The summed E-state index contributed by atoms with van der Waals surface area (Å²) in [6, 6.07) is 8.46. The molecule has 0 radical (unpaired) electrons. The lowest BCUT2D eigenvalue weighted by molar-refractivity contribution is -0.146. The number of rotatable bonds is 13. The van der Waals surface area contributed by atoms with Crippen LogP contribution in [0.15, 0.2) is 42.9 Å². The Morgan fingerprint density at radius 2 is 2.05 bits per heavy atom. The van der Waals surface area contributed by atoms with E-state index in [1.807, 2.05) is 19.9 Å². The van der Waals surface area contributed by atoms with Crippen molar-refractivity contribution in [1.82, 2.24) is 24.7 Å². The Morgan fingerprint density at radius 3 is 2.71 bits per heavy atom. The standard InChI is InChI=1S/C26H34N7O8P/c1-4-17(5-2)12-38-25(36)16(3)32-42(37,41-21-8-6-7-11-29-21)39-13-19-22(34)23(35)26(14-27,40-19)20-10-9-18-24(28)30-15-31-33(18)20/h6-11,15-17,19,22-23,34-35H,4-5,12-13H2,1-3H3,(H,32,37)(H2,28,30,31)/t16-,19+,22+,23+,26-,42-/m0/s1. The maximum absolute atomic E-state index is 13.9. The molecule has 1 aliphatic rings. The number of ether oxygens (including phenoxy) is 2. The summed E-state index contributed by atoms with van der Waals surface area (Å²) >= 11 is 0. The Hall–Kier alpha value is -3.64. The number of carbonyl (C=O) groups is 1. The zero-order valence-corrected chi connectivity index (χ0v) is 24.3. The molecule has 3 aromatic rings. The van der Waals surface area contributed by atoms with Crippen molar-refractivity contribution in [1.29, 1.82) is 5.26 Å². The van der Waals surface area contributed by atoms with Crippen LogP contribution in [0.3, 0.4) is 0 Å². The van der Waals surface area contributed by atoms with Crippen LogP contribution in [0.1, 0.15) is 39.3 Å². The predicted octanol–water partition coefficient (Wildman–Crippen LogP) is 1.71. The number of nitrogens with zero attached hydrogens (tertiary/aromatic N) is 5. The fourth-order valence-electron chi connectivity index (χ4n) is 4.48. The topological polar surface area (TPSA) is 216 Å². The van der Waals surface area contributed by atoms with Crippen molar-refractivity contribution in [3.05, 3.63) is 48.5 Å². The van der Waals surface area contributed by atoms with Gasteiger partial charge in [0, 0.05) is 12.3 Å². The second kappa shape index (κ2) is 13.1. The Balaban J connectivity index is 1.53. The van der Waals surface area contributed by atoms with Crippen LogP contribution in [0.2, 0.25) is 0 Å². The van der Waals surface area contributed by atoms with Gasteiger partial charge in [0.25, 0.3) is 0 Å². The van der Waals surface area contributed by atoms with Crippen LogP contribution in [0.4, 0.5) is 5.82 Å². The zero-order valence-electron chi connectivity index (χ0n) is 23.4. The van der Waals surface area contributed by atoms with Gasteiger partial charge in [-0.3, -0.25) is 9.32 Å². The van der Waals surface area contributed by atoms with Crippen molar-refractivity contribution >= 4 is 25.1 Å². The fourth-order valence-corrected chi connectivity index (χ4v) is 5.93. The maximum Gasteiger partial charge on any atom is 0.460 e. The van der Waals surface area contributed by atoms with Crippen LogP contribution in [0, 0.1) is 17.2 Å². The van der Waals surface area contributed by atoms with Crippen LogP contribution in [-0.4, -0.2) is 73.3 Å². The Labute approximate surface area is 242 Å². The number of nitrogens with two attached hydrogens (primary N) is 1. The van der Waals surface area contributed by atoms with Crippen molar-refractivity contribution in [2.45, 2.75) is 63.6 Å². The monoisotopic (exact) mass is 603 g/mol. The molecule has 1 saturated heterocycles. The summed E-state index contributed by atoms with van der Waals surface area (Å²) in [5.74, 6) is -0.430. The number of aliphatic hydroxyl groups is 2. The smallest absolute Gasteiger partial charge is 0.460 e. The molecule has 1 aliphatic heterocycles. The van der Waals surface area contributed by atoms with E-state index in [0.717, 1.165) is 12.8 Å². The molecule has 3 aromatic heterocycles. The summed E-state index contributed by atoms with van der Waals surface area (Å²) in [7, 11) is -4.38. The van der Waals surface area contributed by atoms with E-state index < -0.39 is 50.3 Å². The van der Waals surface area contributed by atoms with Gasteiger partial charge >= 0.3 is 13.7 Å². The minimum Gasteiger partial charge on any atom is -0.464 e. The number of hydrogen-bond donors (Lipinski definition) is 4. The number of nitriles is 1. The number of hydrogen-bond acceptors (Lipinski definition) is 13. The van der Waals surface area contributed by atoms with E-state index in [1.165, 1.54) is 36.1 Å². The number of aliphatic hydroxyl groups excluding tert-OH is 2. The first-order chi connectivity index (χ1) is 20.1. The first-order valence-electron chi connectivity index (χ1n) is 13.4. The minimum absolute atomic E-state index is 0.0675. The highest BCUT2D eigenvalue weighted by Gasteiger charge is 2.58. The normalized spacial score (nSPS) is 24.3. The average molecular weight is 604 g/mol. The van der Waals surface area contributed by atoms with Crippen LogP contribution in [-0.2, 0) is 29.0 Å². The molecule has 0 bridgehead atoms. The summed E-state index contributed by atoms with van der Waals surface area (Å²) in [5.41, 5.74) is 4.24. The van der Waals surface area contributed by atoms with Gasteiger partial charge in [0.2, 0.25) is 11.5 Å². The highest BCUT2D eigenvalue weighted by molar-refractivity contribution is 7.52. The lowest BCUT2D eigenvalue weighted by Crippen LogP contribution is -2.41. The lowest BCUT2D eigenvalue weighted by atomic mass is 9.92. The number of anilines is 1. The molecule has 15 nitrogen and oxygen atoms in total. The van der Waals surface area contributed by atoms with Crippen molar-refractivity contribution in [2.75, 3.05) is 18.9 Å². The van der Waals surface area contributed by atoms with Gasteiger partial charge in [-0.2, -0.15) is 15.4 Å².